The molecule has 0 aliphatic heterocycles. The van der Waals surface area contributed by atoms with Crippen molar-refractivity contribution < 1.29 is 50.1 Å². The van der Waals surface area contributed by atoms with E-state index in [0.29, 0.717) is 0 Å². The average Bonchev–Trinajstić information content (AvgIpc) is 3.20. The van der Waals surface area contributed by atoms with Gasteiger partial charge in [0.1, 0.15) is 0 Å². The summed E-state index contributed by atoms with van der Waals surface area (Å²) in [4.78, 5) is 6.66. The smallest absolute Gasteiger partial charge is 1.00 e. The van der Waals surface area contributed by atoms with Crippen LogP contribution < -0.4 is 30.5 Å². The molecule has 0 amide bonds. The van der Waals surface area contributed by atoms with Crippen molar-refractivity contribution in [1.82, 2.24) is 9.97 Å². The van der Waals surface area contributed by atoms with Gasteiger partial charge in [-0.1, -0.05) is 12.1 Å². The molecule has 0 saturated heterocycles. The molecular weight excluding hydrogens is 572 g/mol. The molecule has 0 fully saturated rings. The van der Waals surface area contributed by atoms with Crippen molar-refractivity contribution in [2.75, 3.05) is 18.2 Å². The fraction of sp³-hybridized carbons (Fsp3) is 0.222. The molecular formula is C18H23Cl2N3OPtS. The van der Waals surface area contributed by atoms with Crippen molar-refractivity contribution in [2.24, 2.45) is 0 Å². The second-order valence-corrected chi connectivity index (χ2v) is 7.14. The number of hydrogen-bond donors (Lipinski definition) is 3. The molecule has 2 heterocycles. The first kappa shape index (κ1) is 27.2. The molecule has 0 radical (unpaired) electrons. The van der Waals surface area contributed by atoms with Crippen molar-refractivity contribution in [1.29, 1.82) is 0 Å². The molecule has 3 rings (SSSR count). The van der Waals surface area contributed by atoms with Crippen LogP contribution in [0.25, 0.3) is 0 Å². The minimum atomic E-state index is -0.611. The summed E-state index contributed by atoms with van der Waals surface area (Å²) in [6.45, 7) is 2.20. The van der Waals surface area contributed by atoms with Crippen molar-refractivity contribution in [3.8, 4) is 0 Å². The van der Waals surface area contributed by atoms with E-state index in [0.717, 1.165) is 17.1 Å². The predicted molar refractivity (Wildman–Crippen MR) is 98.0 cm³/mol. The van der Waals surface area contributed by atoms with Gasteiger partial charge in [0.2, 0.25) is 0 Å². The first-order valence-corrected chi connectivity index (χ1v) is 9.30. The fourth-order valence-electron chi connectivity index (χ4n) is 2.56. The van der Waals surface area contributed by atoms with Crippen LogP contribution in [0.1, 0.15) is 23.9 Å². The maximum atomic E-state index is 9.56. The summed E-state index contributed by atoms with van der Waals surface area (Å²) >= 11 is 0. The molecule has 4 nitrogen and oxygen atoms in total. The van der Waals surface area contributed by atoms with Crippen LogP contribution in [0.4, 0.5) is 5.69 Å². The Morgan fingerprint density at radius 3 is 1.58 bits per heavy atom. The van der Waals surface area contributed by atoms with E-state index in [4.69, 9.17) is 5.73 Å². The third kappa shape index (κ3) is 6.62. The average molecular weight is 595 g/mol. The Morgan fingerprint density at radius 2 is 1.27 bits per heavy atom. The normalized spacial score (nSPS) is 9.85. The second kappa shape index (κ2) is 12.4. The number of H-pyrrole nitrogens is 2. The second-order valence-electron chi connectivity index (χ2n) is 5.66. The predicted octanol–water partition coefficient (Wildman–Crippen LogP) is -2.72. The van der Waals surface area contributed by atoms with E-state index in [1.807, 2.05) is 36.7 Å². The minimum absolute atomic E-state index is 0. The Morgan fingerprint density at radius 1 is 0.885 bits per heavy atom. The molecule has 0 spiro atoms. The van der Waals surface area contributed by atoms with Crippen molar-refractivity contribution in [3.63, 3.8) is 0 Å². The van der Waals surface area contributed by atoms with Gasteiger partial charge in [0.25, 0.3) is 0 Å². The molecule has 0 bridgehead atoms. The van der Waals surface area contributed by atoms with Crippen molar-refractivity contribution in [2.45, 2.75) is 12.3 Å². The molecule has 0 unspecified atom stereocenters. The number of nitrogens with two attached hydrogens (primary N) is 1. The number of halogens is 2. The van der Waals surface area contributed by atoms with Gasteiger partial charge in [0, 0.05) is 52.8 Å². The largest absolute Gasteiger partial charge is 2.00 e. The molecule has 4 N–H and O–H groups in total. The molecule has 2 aromatic heterocycles. The molecule has 146 valence electrons. The van der Waals surface area contributed by atoms with Gasteiger partial charge in [-0.25, -0.2) is 0 Å². The third-order valence-corrected chi connectivity index (χ3v) is 3.76. The zero-order chi connectivity index (χ0) is 16.9. The van der Waals surface area contributed by atoms with Gasteiger partial charge >= 0.3 is 21.1 Å². The first-order valence-electron chi connectivity index (χ1n) is 7.33. The summed E-state index contributed by atoms with van der Waals surface area (Å²) in [5.41, 5.74) is 9.84. The zero-order valence-electron chi connectivity index (χ0n) is 14.7. The van der Waals surface area contributed by atoms with Gasteiger partial charge in [-0.15, -0.1) is 0 Å². The number of rotatable bonds is 3. The van der Waals surface area contributed by atoms with Crippen molar-refractivity contribution in [3.05, 3.63) is 77.9 Å². The standard InChI is InChI=1S/C16H17N3.C2H6OS.2ClH.Pt/c1-16(14-4-2-10-18-14,15-5-3-11-19-15)12-6-8-13(17)9-7-12;1-4(2)3;;;/h2-11,18-19H,17H2,1H3;1-2H3;2*1H;/q;;;;+2/p-2. The first-order chi connectivity index (χ1) is 10.9. The van der Waals surface area contributed by atoms with Gasteiger partial charge in [-0.05, 0) is 48.9 Å². The van der Waals surface area contributed by atoms with Crippen LogP contribution in [-0.2, 0) is 37.3 Å². The Hall–Kier alpha value is -1.00. The van der Waals surface area contributed by atoms with Crippen LogP contribution in [0.15, 0.2) is 60.9 Å². The van der Waals surface area contributed by atoms with Gasteiger partial charge < -0.3 is 40.5 Å². The Balaban J connectivity index is 0. The van der Waals surface area contributed by atoms with E-state index in [2.05, 4.69) is 41.2 Å². The summed E-state index contributed by atoms with van der Waals surface area (Å²) in [5, 5.41) is 0. The Labute approximate surface area is 184 Å². The van der Waals surface area contributed by atoms with Gasteiger partial charge in [-0.3, -0.25) is 4.21 Å². The van der Waals surface area contributed by atoms with E-state index >= 15 is 0 Å². The van der Waals surface area contributed by atoms with E-state index < -0.39 is 10.8 Å². The Kier molecular flexibility index (Phi) is 13.0. The van der Waals surface area contributed by atoms with Crippen molar-refractivity contribution >= 4 is 16.5 Å². The number of aromatic amines is 2. The summed E-state index contributed by atoms with van der Waals surface area (Å²) in [6, 6.07) is 16.3. The summed E-state index contributed by atoms with van der Waals surface area (Å²) in [6.07, 6.45) is 7.18. The molecule has 0 aliphatic rings. The number of nitrogens with one attached hydrogen (secondary N) is 2. The summed E-state index contributed by atoms with van der Waals surface area (Å²) in [7, 11) is -0.611. The maximum absolute atomic E-state index is 9.56. The molecule has 0 saturated carbocycles. The van der Waals surface area contributed by atoms with E-state index in [1.54, 1.807) is 12.5 Å². The monoisotopic (exact) mass is 594 g/mol. The van der Waals surface area contributed by atoms with Crippen LogP contribution >= 0.6 is 0 Å². The van der Waals surface area contributed by atoms with Crippen LogP contribution in [0.3, 0.4) is 0 Å². The van der Waals surface area contributed by atoms with Crippen LogP contribution in [0, 0.1) is 0 Å². The number of hydrogen-bond acceptors (Lipinski definition) is 2. The molecule has 0 atom stereocenters. The molecule has 3 aromatic rings. The fourth-order valence-corrected chi connectivity index (χ4v) is 2.56. The summed E-state index contributed by atoms with van der Waals surface area (Å²) < 4.78 is 9.56. The molecule has 8 heteroatoms. The number of aromatic nitrogens is 2. The topological polar surface area (TPSA) is 74.7 Å². The van der Waals surface area contributed by atoms with E-state index in [1.165, 1.54) is 5.56 Å². The SMILES string of the molecule is CC(c1ccc(N)cc1)(c1ccc[nH]1)c1ccc[nH]1.CS(C)=O.[Cl-].[Cl-].[Pt+2]. The Bertz CT molecular complexity index is 709. The molecule has 0 aliphatic carbocycles. The number of benzene rings is 1. The molecule has 1 aromatic carbocycles. The van der Waals surface area contributed by atoms with Crippen LogP contribution in [0.5, 0.6) is 0 Å². The maximum Gasteiger partial charge on any atom is 2.00 e. The van der Waals surface area contributed by atoms with Gasteiger partial charge in [-0.2, -0.15) is 0 Å². The number of anilines is 1. The summed E-state index contributed by atoms with van der Waals surface area (Å²) in [5.74, 6) is 0. The van der Waals surface area contributed by atoms with Gasteiger partial charge in [0.05, 0.1) is 5.41 Å². The van der Waals surface area contributed by atoms with Crippen LogP contribution in [-0.4, -0.2) is 26.7 Å². The number of nitrogen functional groups attached to an aromatic ring is 1. The van der Waals surface area contributed by atoms with E-state index in [-0.39, 0.29) is 51.3 Å². The quantitative estimate of drug-likeness (QED) is 0.288. The minimum Gasteiger partial charge on any atom is -1.00 e. The van der Waals surface area contributed by atoms with Gasteiger partial charge in [0.15, 0.2) is 0 Å². The molecule has 26 heavy (non-hydrogen) atoms. The zero-order valence-corrected chi connectivity index (χ0v) is 19.3. The van der Waals surface area contributed by atoms with Crippen LogP contribution in [0.2, 0.25) is 0 Å². The third-order valence-electron chi connectivity index (χ3n) is 3.76. The van der Waals surface area contributed by atoms with E-state index in [9.17, 15) is 4.21 Å².